The van der Waals surface area contributed by atoms with Crippen LogP contribution in [0.5, 0.6) is 5.75 Å². The van der Waals surface area contributed by atoms with Crippen LogP contribution in [0.2, 0.25) is 0 Å². The number of sulfonamides is 1. The molecular formula is C16H18FNO3S. The Kier molecular flexibility index (Phi) is 5.15. The molecule has 2 aromatic rings. The van der Waals surface area contributed by atoms with Gasteiger partial charge in [-0.1, -0.05) is 30.3 Å². The van der Waals surface area contributed by atoms with Crippen LogP contribution in [0.1, 0.15) is 12.5 Å². The van der Waals surface area contributed by atoms with Crippen LogP contribution < -0.4 is 4.74 Å². The summed E-state index contributed by atoms with van der Waals surface area (Å²) in [6, 6.07) is 12.9. The van der Waals surface area contributed by atoms with E-state index in [4.69, 9.17) is 4.74 Å². The predicted octanol–water partition coefficient (Wildman–Crippen LogP) is 3.05. The van der Waals surface area contributed by atoms with Crippen LogP contribution >= 0.6 is 0 Å². The summed E-state index contributed by atoms with van der Waals surface area (Å²) in [6.45, 7) is 2.27. The van der Waals surface area contributed by atoms with Gasteiger partial charge in [0.25, 0.3) is 0 Å². The standard InChI is InChI=1S/C16H18FNO3S/c1-3-21-16-10-9-14(11-15(16)17)22(19,20)18(2)12-13-7-5-4-6-8-13/h4-11H,3,12H2,1-2H3. The molecule has 0 saturated carbocycles. The molecule has 0 radical (unpaired) electrons. The van der Waals surface area contributed by atoms with Gasteiger partial charge >= 0.3 is 0 Å². The fourth-order valence-electron chi connectivity index (χ4n) is 2.02. The van der Waals surface area contributed by atoms with Crippen molar-refractivity contribution in [3.63, 3.8) is 0 Å². The molecule has 0 bridgehead atoms. The van der Waals surface area contributed by atoms with Crippen molar-refractivity contribution in [2.75, 3.05) is 13.7 Å². The Balaban J connectivity index is 2.24. The molecule has 4 nitrogen and oxygen atoms in total. The number of ether oxygens (including phenoxy) is 1. The van der Waals surface area contributed by atoms with Crippen molar-refractivity contribution in [2.45, 2.75) is 18.4 Å². The first-order chi connectivity index (χ1) is 10.4. The molecule has 6 heteroatoms. The minimum Gasteiger partial charge on any atom is -0.491 e. The Morgan fingerprint density at radius 2 is 1.82 bits per heavy atom. The normalized spacial score (nSPS) is 11.6. The lowest BCUT2D eigenvalue weighted by atomic mass is 10.2. The minimum atomic E-state index is -3.75. The molecule has 0 aliphatic heterocycles. The van der Waals surface area contributed by atoms with Crippen molar-refractivity contribution < 1.29 is 17.5 Å². The average molecular weight is 323 g/mol. The quantitative estimate of drug-likeness (QED) is 0.821. The van der Waals surface area contributed by atoms with Gasteiger partial charge in [0.05, 0.1) is 11.5 Å². The van der Waals surface area contributed by atoms with E-state index in [1.165, 1.54) is 23.5 Å². The molecular weight excluding hydrogens is 305 g/mol. The second-order valence-electron chi connectivity index (χ2n) is 4.77. The second-order valence-corrected chi connectivity index (χ2v) is 6.82. The van der Waals surface area contributed by atoms with Crippen LogP contribution in [0, 0.1) is 5.82 Å². The Morgan fingerprint density at radius 1 is 1.14 bits per heavy atom. The largest absolute Gasteiger partial charge is 0.491 e. The second kappa shape index (κ2) is 6.89. The zero-order chi connectivity index (χ0) is 16.2. The van der Waals surface area contributed by atoms with Crippen molar-refractivity contribution >= 4 is 10.0 Å². The lowest BCUT2D eigenvalue weighted by Gasteiger charge is -2.17. The van der Waals surface area contributed by atoms with E-state index in [2.05, 4.69) is 0 Å². The molecule has 2 aromatic carbocycles. The molecule has 0 saturated heterocycles. The van der Waals surface area contributed by atoms with Crippen molar-refractivity contribution in [1.82, 2.24) is 4.31 Å². The number of benzene rings is 2. The third-order valence-corrected chi connectivity index (χ3v) is 4.96. The highest BCUT2D eigenvalue weighted by molar-refractivity contribution is 7.89. The van der Waals surface area contributed by atoms with Crippen molar-refractivity contribution in [3.8, 4) is 5.75 Å². The van der Waals surface area contributed by atoms with E-state index in [1.807, 2.05) is 30.3 Å². The van der Waals surface area contributed by atoms with Gasteiger partial charge in [0, 0.05) is 13.6 Å². The summed E-state index contributed by atoms with van der Waals surface area (Å²) >= 11 is 0. The van der Waals surface area contributed by atoms with Gasteiger partial charge in [0.15, 0.2) is 11.6 Å². The molecule has 0 aliphatic carbocycles. The Labute approximate surface area is 130 Å². The highest BCUT2D eigenvalue weighted by Crippen LogP contribution is 2.23. The average Bonchev–Trinajstić information content (AvgIpc) is 2.50. The lowest BCUT2D eigenvalue weighted by Crippen LogP contribution is -2.26. The number of halogens is 1. The smallest absolute Gasteiger partial charge is 0.243 e. The third-order valence-electron chi connectivity index (χ3n) is 3.16. The van der Waals surface area contributed by atoms with Crippen LogP contribution in [0.15, 0.2) is 53.4 Å². The molecule has 0 heterocycles. The molecule has 0 aromatic heterocycles. The van der Waals surface area contributed by atoms with Gasteiger partial charge in [-0.25, -0.2) is 12.8 Å². The zero-order valence-electron chi connectivity index (χ0n) is 12.5. The summed E-state index contributed by atoms with van der Waals surface area (Å²) in [4.78, 5) is -0.0908. The van der Waals surface area contributed by atoms with E-state index in [9.17, 15) is 12.8 Å². The third kappa shape index (κ3) is 3.64. The molecule has 0 fully saturated rings. The zero-order valence-corrected chi connectivity index (χ0v) is 13.3. The van der Waals surface area contributed by atoms with Crippen LogP contribution in [-0.2, 0) is 16.6 Å². The van der Waals surface area contributed by atoms with E-state index in [-0.39, 0.29) is 17.2 Å². The van der Waals surface area contributed by atoms with E-state index in [0.29, 0.717) is 6.61 Å². The molecule has 0 spiro atoms. The van der Waals surface area contributed by atoms with Crippen LogP contribution in [0.4, 0.5) is 4.39 Å². The van der Waals surface area contributed by atoms with Gasteiger partial charge in [0.1, 0.15) is 0 Å². The monoisotopic (exact) mass is 323 g/mol. The molecule has 22 heavy (non-hydrogen) atoms. The number of hydrogen-bond donors (Lipinski definition) is 0. The van der Waals surface area contributed by atoms with E-state index < -0.39 is 15.8 Å². The number of hydrogen-bond acceptors (Lipinski definition) is 3. The SMILES string of the molecule is CCOc1ccc(S(=O)(=O)N(C)Cc2ccccc2)cc1F. The fourth-order valence-corrected chi connectivity index (χ4v) is 3.19. The summed E-state index contributed by atoms with van der Waals surface area (Å²) in [7, 11) is -2.28. The van der Waals surface area contributed by atoms with Gasteiger partial charge in [-0.05, 0) is 30.7 Å². The molecule has 0 aliphatic rings. The minimum absolute atomic E-state index is 0.0483. The molecule has 0 N–H and O–H groups in total. The highest BCUT2D eigenvalue weighted by Gasteiger charge is 2.22. The summed E-state index contributed by atoms with van der Waals surface area (Å²) < 4.78 is 45.1. The van der Waals surface area contributed by atoms with E-state index in [1.54, 1.807) is 6.92 Å². The maximum atomic E-state index is 13.8. The number of rotatable bonds is 6. The summed E-state index contributed by atoms with van der Waals surface area (Å²) in [5, 5.41) is 0. The van der Waals surface area contributed by atoms with Crippen molar-refractivity contribution in [1.29, 1.82) is 0 Å². The first kappa shape index (κ1) is 16.5. The van der Waals surface area contributed by atoms with Crippen LogP contribution in [0.25, 0.3) is 0 Å². The maximum Gasteiger partial charge on any atom is 0.243 e. The van der Waals surface area contributed by atoms with Gasteiger partial charge in [-0.15, -0.1) is 0 Å². The molecule has 118 valence electrons. The maximum absolute atomic E-state index is 13.8. The molecule has 0 atom stereocenters. The van der Waals surface area contributed by atoms with Crippen LogP contribution in [-0.4, -0.2) is 26.4 Å². The highest BCUT2D eigenvalue weighted by atomic mass is 32.2. The number of nitrogens with zero attached hydrogens (tertiary/aromatic N) is 1. The van der Waals surface area contributed by atoms with E-state index >= 15 is 0 Å². The fraction of sp³-hybridized carbons (Fsp3) is 0.250. The molecule has 2 rings (SSSR count). The Bertz CT molecular complexity index is 732. The Hall–Kier alpha value is -1.92. The van der Waals surface area contributed by atoms with Gasteiger partial charge in [-0.3, -0.25) is 0 Å². The Morgan fingerprint density at radius 3 is 2.41 bits per heavy atom. The molecule has 0 amide bonds. The van der Waals surface area contributed by atoms with Crippen molar-refractivity contribution in [3.05, 3.63) is 59.9 Å². The summed E-state index contributed by atoms with van der Waals surface area (Å²) in [5.74, 6) is -0.636. The molecule has 0 unspecified atom stereocenters. The van der Waals surface area contributed by atoms with Gasteiger partial charge in [0.2, 0.25) is 10.0 Å². The van der Waals surface area contributed by atoms with Gasteiger partial charge in [-0.2, -0.15) is 4.31 Å². The predicted molar refractivity (Wildman–Crippen MR) is 82.7 cm³/mol. The topological polar surface area (TPSA) is 46.6 Å². The summed E-state index contributed by atoms with van der Waals surface area (Å²) in [5.41, 5.74) is 0.861. The van der Waals surface area contributed by atoms with Crippen molar-refractivity contribution in [2.24, 2.45) is 0 Å². The van der Waals surface area contributed by atoms with Crippen LogP contribution in [0.3, 0.4) is 0 Å². The first-order valence-corrected chi connectivity index (χ1v) is 8.31. The van der Waals surface area contributed by atoms with E-state index in [0.717, 1.165) is 11.6 Å². The lowest BCUT2D eigenvalue weighted by molar-refractivity contribution is 0.321. The van der Waals surface area contributed by atoms with Gasteiger partial charge < -0.3 is 4.74 Å². The summed E-state index contributed by atoms with van der Waals surface area (Å²) in [6.07, 6.45) is 0. The first-order valence-electron chi connectivity index (χ1n) is 6.87.